The quantitative estimate of drug-likeness (QED) is 0.309. The number of carbonyl (C=O) groups excluding carboxylic acids is 1. The lowest BCUT2D eigenvalue weighted by molar-refractivity contribution is -0.135. The number of carbonyl (C=O) groups is 1. The summed E-state index contributed by atoms with van der Waals surface area (Å²) in [5, 5.41) is 11.4. The number of hydrogen-bond acceptors (Lipinski definition) is 4. The average Bonchev–Trinajstić information content (AvgIpc) is 2.36. The van der Waals surface area contributed by atoms with E-state index in [4.69, 9.17) is 15.7 Å². The highest BCUT2D eigenvalue weighted by atomic mass is 16.5. The van der Waals surface area contributed by atoms with Crippen LogP contribution in [0.15, 0.2) is 5.16 Å². The van der Waals surface area contributed by atoms with E-state index < -0.39 is 5.92 Å². The highest BCUT2D eigenvalue weighted by molar-refractivity contribution is 6.01. The Balaban J connectivity index is 2.50. The molecule has 1 unspecified atom stereocenters. The van der Waals surface area contributed by atoms with E-state index in [9.17, 15) is 4.79 Å². The molecular weight excluding hydrogens is 210 g/mol. The van der Waals surface area contributed by atoms with Crippen LogP contribution < -0.4 is 5.73 Å². The molecule has 1 atom stereocenters. The van der Waals surface area contributed by atoms with Gasteiger partial charge in [0.05, 0.1) is 12.0 Å². The molecule has 1 heterocycles. The molecule has 0 bridgehead atoms. The molecule has 16 heavy (non-hydrogen) atoms. The Bertz CT molecular complexity index is 272. The van der Waals surface area contributed by atoms with Gasteiger partial charge in [-0.15, -0.1) is 0 Å². The van der Waals surface area contributed by atoms with Crippen molar-refractivity contribution in [2.75, 3.05) is 20.2 Å². The van der Waals surface area contributed by atoms with Crippen molar-refractivity contribution < 1.29 is 14.7 Å². The van der Waals surface area contributed by atoms with Crippen LogP contribution in [-0.4, -0.2) is 48.2 Å². The van der Waals surface area contributed by atoms with Gasteiger partial charge >= 0.3 is 0 Å². The number of methoxy groups -OCH3 is 1. The highest BCUT2D eigenvalue weighted by Gasteiger charge is 2.27. The standard InChI is InChI=1S/C10H19N3O3/c1-7(9(11)12-15)10(14)13-5-3-8(16-2)4-6-13/h7-8,15H,3-6H2,1-2H3,(H2,11,12). The van der Waals surface area contributed by atoms with Crippen molar-refractivity contribution in [3.63, 3.8) is 0 Å². The number of rotatable bonds is 3. The Hall–Kier alpha value is -1.30. The van der Waals surface area contributed by atoms with Crippen molar-refractivity contribution in [2.45, 2.75) is 25.9 Å². The van der Waals surface area contributed by atoms with E-state index >= 15 is 0 Å². The Kier molecular flexibility index (Phi) is 4.54. The number of likely N-dealkylation sites (tertiary alicyclic amines) is 1. The lowest BCUT2D eigenvalue weighted by atomic mass is 10.0. The maximum absolute atomic E-state index is 11.9. The van der Waals surface area contributed by atoms with Crippen molar-refractivity contribution in [3.05, 3.63) is 0 Å². The minimum atomic E-state index is -0.566. The van der Waals surface area contributed by atoms with Gasteiger partial charge in [0.1, 0.15) is 0 Å². The van der Waals surface area contributed by atoms with Gasteiger partial charge < -0.3 is 20.6 Å². The van der Waals surface area contributed by atoms with Crippen molar-refractivity contribution in [3.8, 4) is 0 Å². The average molecular weight is 229 g/mol. The van der Waals surface area contributed by atoms with Gasteiger partial charge in [0.2, 0.25) is 5.91 Å². The molecule has 6 heteroatoms. The minimum Gasteiger partial charge on any atom is -0.409 e. The summed E-state index contributed by atoms with van der Waals surface area (Å²) in [6.07, 6.45) is 1.92. The molecule has 0 aromatic carbocycles. The van der Waals surface area contributed by atoms with E-state index in [1.54, 1.807) is 18.9 Å². The zero-order chi connectivity index (χ0) is 12.1. The van der Waals surface area contributed by atoms with Gasteiger partial charge in [0.25, 0.3) is 0 Å². The van der Waals surface area contributed by atoms with Crippen LogP contribution in [0.3, 0.4) is 0 Å². The van der Waals surface area contributed by atoms with Gasteiger partial charge in [0, 0.05) is 20.2 Å². The third kappa shape index (κ3) is 2.85. The molecule has 0 saturated carbocycles. The third-order valence-electron chi connectivity index (χ3n) is 3.02. The normalized spacial score (nSPS) is 20.9. The van der Waals surface area contributed by atoms with Crippen molar-refractivity contribution >= 4 is 11.7 Å². The summed E-state index contributed by atoms with van der Waals surface area (Å²) in [4.78, 5) is 13.6. The van der Waals surface area contributed by atoms with Gasteiger partial charge in [-0.3, -0.25) is 4.79 Å². The summed E-state index contributed by atoms with van der Waals surface area (Å²) < 4.78 is 5.22. The molecule has 1 aliphatic heterocycles. The van der Waals surface area contributed by atoms with E-state index in [0.29, 0.717) is 13.1 Å². The zero-order valence-corrected chi connectivity index (χ0v) is 9.72. The molecule has 0 spiro atoms. The fraction of sp³-hybridized carbons (Fsp3) is 0.800. The van der Waals surface area contributed by atoms with E-state index in [0.717, 1.165) is 12.8 Å². The van der Waals surface area contributed by atoms with Gasteiger partial charge in [-0.05, 0) is 19.8 Å². The van der Waals surface area contributed by atoms with Crippen LogP contribution in [0.5, 0.6) is 0 Å². The molecule has 6 nitrogen and oxygen atoms in total. The topological polar surface area (TPSA) is 88.2 Å². The summed E-state index contributed by atoms with van der Waals surface area (Å²) in [5.41, 5.74) is 5.41. The van der Waals surface area contributed by atoms with E-state index in [1.807, 2.05) is 0 Å². The van der Waals surface area contributed by atoms with E-state index in [2.05, 4.69) is 5.16 Å². The SMILES string of the molecule is COC1CCN(C(=O)C(C)C(N)=NO)CC1. The molecule has 3 N–H and O–H groups in total. The minimum absolute atomic E-state index is 0.0427. The number of nitrogens with zero attached hydrogens (tertiary/aromatic N) is 2. The number of oxime groups is 1. The molecule has 0 radical (unpaired) electrons. The molecule has 92 valence electrons. The van der Waals surface area contributed by atoms with Crippen LogP contribution >= 0.6 is 0 Å². The van der Waals surface area contributed by atoms with Crippen LogP contribution in [0.2, 0.25) is 0 Å². The number of piperidine rings is 1. The maximum Gasteiger partial charge on any atom is 0.233 e. The maximum atomic E-state index is 11.9. The summed E-state index contributed by atoms with van der Waals surface area (Å²) in [6, 6.07) is 0. The number of amidine groups is 1. The summed E-state index contributed by atoms with van der Waals surface area (Å²) in [6.45, 7) is 2.97. The monoisotopic (exact) mass is 229 g/mol. The first-order valence-electron chi connectivity index (χ1n) is 5.39. The third-order valence-corrected chi connectivity index (χ3v) is 3.02. The van der Waals surface area contributed by atoms with Crippen LogP contribution in [0.25, 0.3) is 0 Å². The Morgan fingerprint density at radius 1 is 1.56 bits per heavy atom. The molecule has 1 fully saturated rings. The number of amides is 1. The summed E-state index contributed by atoms with van der Waals surface area (Å²) in [7, 11) is 1.68. The molecule has 1 rings (SSSR count). The fourth-order valence-electron chi connectivity index (χ4n) is 1.80. The fourth-order valence-corrected chi connectivity index (χ4v) is 1.80. The molecule has 0 aromatic heterocycles. The predicted octanol–water partition coefficient (Wildman–Crippen LogP) is 0.00630. The zero-order valence-electron chi connectivity index (χ0n) is 9.72. The molecule has 0 aliphatic carbocycles. The smallest absolute Gasteiger partial charge is 0.233 e. The summed E-state index contributed by atoms with van der Waals surface area (Å²) in [5.74, 6) is -0.701. The van der Waals surface area contributed by atoms with E-state index in [-0.39, 0.29) is 17.8 Å². The first-order chi connectivity index (χ1) is 7.60. The lowest BCUT2D eigenvalue weighted by Gasteiger charge is -2.32. The Morgan fingerprint density at radius 3 is 2.56 bits per heavy atom. The van der Waals surface area contributed by atoms with E-state index in [1.165, 1.54) is 0 Å². The molecule has 1 saturated heterocycles. The van der Waals surface area contributed by atoms with Crippen molar-refractivity contribution in [1.82, 2.24) is 4.90 Å². The lowest BCUT2D eigenvalue weighted by Crippen LogP contribution is -2.45. The highest BCUT2D eigenvalue weighted by Crippen LogP contribution is 2.15. The molecular formula is C10H19N3O3. The molecule has 0 aromatic rings. The Morgan fingerprint density at radius 2 is 2.12 bits per heavy atom. The van der Waals surface area contributed by atoms with Crippen molar-refractivity contribution in [2.24, 2.45) is 16.8 Å². The molecule has 1 aliphatic rings. The second-order valence-electron chi connectivity index (χ2n) is 4.01. The van der Waals surface area contributed by atoms with Crippen LogP contribution in [0.1, 0.15) is 19.8 Å². The van der Waals surface area contributed by atoms with Crippen LogP contribution in [-0.2, 0) is 9.53 Å². The van der Waals surface area contributed by atoms with Gasteiger partial charge in [-0.1, -0.05) is 5.16 Å². The van der Waals surface area contributed by atoms with Gasteiger partial charge in [0.15, 0.2) is 5.84 Å². The van der Waals surface area contributed by atoms with Gasteiger partial charge in [-0.2, -0.15) is 0 Å². The van der Waals surface area contributed by atoms with Crippen LogP contribution in [0, 0.1) is 5.92 Å². The van der Waals surface area contributed by atoms with Crippen molar-refractivity contribution in [1.29, 1.82) is 0 Å². The van der Waals surface area contributed by atoms with Gasteiger partial charge in [-0.25, -0.2) is 0 Å². The number of ether oxygens (including phenoxy) is 1. The first kappa shape index (κ1) is 12.8. The number of hydrogen-bond donors (Lipinski definition) is 2. The Labute approximate surface area is 95.0 Å². The van der Waals surface area contributed by atoms with Crippen LogP contribution in [0.4, 0.5) is 0 Å². The number of nitrogens with two attached hydrogens (primary N) is 1. The second kappa shape index (κ2) is 5.69. The largest absolute Gasteiger partial charge is 0.409 e. The first-order valence-corrected chi connectivity index (χ1v) is 5.39. The second-order valence-corrected chi connectivity index (χ2v) is 4.01. The molecule has 1 amide bonds. The predicted molar refractivity (Wildman–Crippen MR) is 59.2 cm³/mol. The summed E-state index contributed by atoms with van der Waals surface area (Å²) >= 11 is 0.